The number of hydrogen-bond acceptors (Lipinski definition) is 3. The van der Waals surface area contributed by atoms with Gasteiger partial charge in [0.15, 0.2) is 0 Å². The molecule has 1 heterocycles. The minimum Gasteiger partial charge on any atom is -0.328 e. The lowest BCUT2D eigenvalue weighted by molar-refractivity contribution is 0.589. The van der Waals surface area contributed by atoms with E-state index in [9.17, 15) is 0 Å². The van der Waals surface area contributed by atoms with Gasteiger partial charge in [-0.3, -0.25) is 0 Å². The van der Waals surface area contributed by atoms with Gasteiger partial charge in [-0.05, 0) is 56.6 Å². The average molecular weight is 238 g/mol. The number of hydrogen-bond donors (Lipinski definition) is 1. The first kappa shape index (κ1) is 13.5. The molecular formula is C13H22N2S. The summed E-state index contributed by atoms with van der Waals surface area (Å²) in [4.78, 5) is 4.50. The molecule has 0 aliphatic heterocycles. The summed E-state index contributed by atoms with van der Waals surface area (Å²) in [7, 11) is 0. The molecule has 0 saturated heterocycles. The van der Waals surface area contributed by atoms with Crippen molar-refractivity contribution in [3.05, 3.63) is 23.4 Å². The highest BCUT2D eigenvalue weighted by Crippen LogP contribution is 2.19. The van der Waals surface area contributed by atoms with Crippen molar-refractivity contribution >= 4 is 11.8 Å². The normalized spacial score (nSPS) is 12.8. The lowest BCUT2D eigenvalue weighted by atomic mass is 10.1. The van der Waals surface area contributed by atoms with E-state index in [2.05, 4.69) is 31.0 Å². The van der Waals surface area contributed by atoms with Gasteiger partial charge in [0.1, 0.15) is 0 Å². The van der Waals surface area contributed by atoms with Crippen LogP contribution in [0.15, 0.2) is 17.2 Å². The number of nitrogens with zero attached hydrogens (tertiary/aromatic N) is 1. The molecule has 0 aromatic carbocycles. The van der Waals surface area contributed by atoms with E-state index in [4.69, 9.17) is 5.73 Å². The van der Waals surface area contributed by atoms with Gasteiger partial charge in [-0.2, -0.15) is 0 Å². The summed E-state index contributed by atoms with van der Waals surface area (Å²) in [6.45, 7) is 6.30. The van der Waals surface area contributed by atoms with Crippen LogP contribution in [0.25, 0.3) is 0 Å². The Morgan fingerprint density at radius 2 is 2.12 bits per heavy atom. The minimum atomic E-state index is 0.368. The molecule has 1 rings (SSSR count). The van der Waals surface area contributed by atoms with Gasteiger partial charge in [0.05, 0.1) is 5.03 Å². The predicted octanol–water partition coefficient (Wildman–Crippen LogP) is 3.31. The van der Waals surface area contributed by atoms with Crippen molar-refractivity contribution in [1.82, 2.24) is 4.98 Å². The van der Waals surface area contributed by atoms with Crippen molar-refractivity contribution in [1.29, 1.82) is 0 Å². The molecule has 2 N–H and O–H groups in total. The smallest absolute Gasteiger partial charge is 0.0965 e. The largest absolute Gasteiger partial charge is 0.328 e. The monoisotopic (exact) mass is 238 g/mol. The molecule has 1 unspecified atom stereocenters. The van der Waals surface area contributed by atoms with Crippen LogP contribution < -0.4 is 5.73 Å². The molecule has 0 saturated carbocycles. The lowest BCUT2D eigenvalue weighted by Gasteiger charge is -2.08. The van der Waals surface area contributed by atoms with Crippen molar-refractivity contribution in [3.8, 4) is 0 Å². The number of nitrogens with two attached hydrogens (primary N) is 1. The summed E-state index contributed by atoms with van der Waals surface area (Å²) in [6.07, 6.45) is 3.37. The van der Waals surface area contributed by atoms with Gasteiger partial charge in [-0.25, -0.2) is 4.98 Å². The first-order chi connectivity index (χ1) is 7.61. The Morgan fingerprint density at radius 3 is 2.75 bits per heavy atom. The summed E-state index contributed by atoms with van der Waals surface area (Å²) in [5, 5.41) is 1.14. The highest BCUT2D eigenvalue weighted by atomic mass is 32.2. The van der Waals surface area contributed by atoms with Crippen LogP contribution in [0.1, 0.15) is 37.4 Å². The van der Waals surface area contributed by atoms with Gasteiger partial charge in [0, 0.05) is 11.7 Å². The van der Waals surface area contributed by atoms with E-state index in [0.717, 1.165) is 29.3 Å². The molecule has 1 aromatic rings. The number of thioether (sulfide) groups is 1. The van der Waals surface area contributed by atoms with E-state index in [1.807, 2.05) is 18.7 Å². The zero-order valence-electron chi connectivity index (χ0n) is 10.5. The predicted molar refractivity (Wildman–Crippen MR) is 71.9 cm³/mol. The van der Waals surface area contributed by atoms with E-state index in [1.54, 1.807) is 0 Å². The zero-order valence-corrected chi connectivity index (χ0v) is 11.3. The first-order valence-electron chi connectivity index (χ1n) is 5.95. The standard InChI is InChI=1S/C13H22N2S/c1-4-12(14)6-5-7-16-13-9-10(2)8-11(3)15-13/h8-9,12H,4-7,14H2,1-3H3. The molecule has 0 radical (unpaired) electrons. The molecule has 90 valence electrons. The highest BCUT2D eigenvalue weighted by Gasteiger charge is 2.01. The summed E-state index contributed by atoms with van der Waals surface area (Å²) < 4.78 is 0. The van der Waals surface area contributed by atoms with Gasteiger partial charge >= 0.3 is 0 Å². The maximum absolute atomic E-state index is 5.88. The van der Waals surface area contributed by atoms with Crippen LogP contribution in [0.4, 0.5) is 0 Å². The number of aryl methyl sites for hydroxylation is 2. The summed E-state index contributed by atoms with van der Waals surface area (Å²) in [5.41, 5.74) is 8.27. The molecule has 0 aliphatic carbocycles. The molecule has 16 heavy (non-hydrogen) atoms. The Bertz CT molecular complexity index is 305. The van der Waals surface area contributed by atoms with Crippen LogP contribution in [0.3, 0.4) is 0 Å². The van der Waals surface area contributed by atoms with E-state index in [1.165, 1.54) is 12.0 Å². The van der Waals surface area contributed by atoms with Crippen LogP contribution in [-0.2, 0) is 0 Å². The maximum Gasteiger partial charge on any atom is 0.0965 e. The topological polar surface area (TPSA) is 38.9 Å². The van der Waals surface area contributed by atoms with Crippen LogP contribution in [0.5, 0.6) is 0 Å². The molecule has 2 nitrogen and oxygen atoms in total. The second kappa shape index (κ2) is 6.92. The molecule has 3 heteroatoms. The fourth-order valence-electron chi connectivity index (χ4n) is 1.60. The minimum absolute atomic E-state index is 0.368. The average Bonchev–Trinajstić information content (AvgIpc) is 2.22. The van der Waals surface area contributed by atoms with Crippen LogP contribution in [0.2, 0.25) is 0 Å². The highest BCUT2D eigenvalue weighted by molar-refractivity contribution is 7.99. The lowest BCUT2D eigenvalue weighted by Crippen LogP contribution is -2.18. The first-order valence-corrected chi connectivity index (χ1v) is 6.94. The molecule has 1 atom stereocenters. The Hall–Kier alpha value is -0.540. The molecule has 0 aliphatic rings. The summed E-state index contributed by atoms with van der Waals surface area (Å²) in [6, 6.07) is 4.63. The fraction of sp³-hybridized carbons (Fsp3) is 0.615. The second-order valence-corrected chi connectivity index (χ2v) is 5.40. The number of rotatable bonds is 6. The van der Waals surface area contributed by atoms with Gasteiger partial charge in [-0.15, -0.1) is 11.8 Å². The number of pyridine rings is 1. The van der Waals surface area contributed by atoms with Crippen LogP contribution in [-0.4, -0.2) is 16.8 Å². The molecule has 1 aromatic heterocycles. The quantitative estimate of drug-likeness (QED) is 0.610. The fourth-order valence-corrected chi connectivity index (χ4v) is 2.60. The maximum atomic E-state index is 5.88. The molecule has 0 amide bonds. The summed E-state index contributed by atoms with van der Waals surface area (Å²) in [5.74, 6) is 1.11. The van der Waals surface area contributed by atoms with Crippen molar-refractivity contribution < 1.29 is 0 Å². The van der Waals surface area contributed by atoms with Crippen LogP contribution in [0, 0.1) is 13.8 Å². The van der Waals surface area contributed by atoms with Crippen molar-refractivity contribution in [2.75, 3.05) is 5.75 Å². The van der Waals surface area contributed by atoms with E-state index in [-0.39, 0.29) is 0 Å². The van der Waals surface area contributed by atoms with Gasteiger partial charge in [-0.1, -0.05) is 6.92 Å². The van der Waals surface area contributed by atoms with Crippen molar-refractivity contribution in [3.63, 3.8) is 0 Å². The van der Waals surface area contributed by atoms with Gasteiger partial charge < -0.3 is 5.73 Å². The van der Waals surface area contributed by atoms with Gasteiger partial charge in [0.25, 0.3) is 0 Å². The Morgan fingerprint density at radius 1 is 1.38 bits per heavy atom. The molecule has 0 spiro atoms. The third-order valence-electron chi connectivity index (χ3n) is 2.57. The van der Waals surface area contributed by atoms with E-state index in [0.29, 0.717) is 6.04 Å². The van der Waals surface area contributed by atoms with Gasteiger partial charge in [0.2, 0.25) is 0 Å². The molecular weight excluding hydrogens is 216 g/mol. The third kappa shape index (κ3) is 4.99. The van der Waals surface area contributed by atoms with E-state index < -0.39 is 0 Å². The summed E-state index contributed by atoms with van der Waals surface area (Å²) >= 11 is 1.83. The van der Waals surface area contributed by atoms with Crippen molar-refractivity contribution in [2.45, 2.75) is 51.1 Å². The zero-order chi connectivity index (χ0) is 12.0. The third-order valence-corrected chi connectivity index (χ3v) is 3.57. The Balaban J connectivity index is 2.32. The Kier molecular flexibility index (Phi) is 5.85. The SMILES string of the molecule is CCC(N)CCCSc1cc(C)cc(C)n1. The van der Waals surface area contributed by atoms with E-state index >= 15 is 0 Å². The van der Waals surface area contributed by atoms with Crippen molar-refractivity contribution in [2.24, 2.45) is 5.73 Å². The molecule has 0 bridgehead atoms. The number of aromatic nitrogens is 1. The van der Waals surface area contributed by atoms with Crippen LogP contribution >= 0.6 is 11.8 Å². The Labute approximate surface area is 103 Å². The second-order valence-electron chi connectivity index (χ2n) is 4.28. The molecule has 0 fully saturated rings.